The maximum Gasteiger partial charge on any atom is 0.119 e. The number of hydrogen-bond acceptors (Lipinski definition) is 3. The van der Waals surface area contributed by atoms with Gasteiger partial charge in [-0.05, 0) is 42.8 Å². The maximum atomic E-state index is 5.08. The van der Waals surface area contributed by atoms with Crippen molar-refractivity contribution in [3.8, 4) is 5.75 Å². The Labute approximate surface area is 115 Å². The highest BCUT2D eigenvalue weighted by atomic mass is 16.5. The van der Waals surface area contributed by atoms with Gasteiger partial charge in [0, 0.05) is 0 Å². The summed E-state index contributed by atoms with van der Waals surface area (Å²) in [5.74, 6) is 0.819. The zero-order chi connectivity index (χ0) is 14.1. The van der Waals surface area contributed by atoms with Gasteiger partial charge in [0.2, 0.25) is 0 Å². The minimum Gasteiger partial charge on any atom is -0.497 e. The number of methoxy groups -OCH3 is 1. The zero-order valence-electron chi connectivity index (χ0n) is 11.9. The Bertz CT molecular complexity index is 519. The summed E-state index contributed by atoms with van der Waals surface area (Å²) in [5.41, 5.74) is 2.82. The molecule has 0 N–H and O–H groups in total. The number of hydrogen-bond donors (Lipinski definition) is 0. The monoisotopic (exact) mass is 256 g/mol. The Kier molecular flexibility index (Phi) is 6.30. The van der Waals surface area contributed by atoms with E-state index in [1.54, 1.807) is 7.11 Å². The molecule has 3 heteroatoms. The molecule has 100 valence electrons. The fraction of sp³-hybridized carbons (Fsp3) is 0.250. The van der Waals surface area contributed by atoms with Crippen molar-refractivity contribution in [3.05, 3.63) is 54.1 Å². The van der Waals surface area contributed by atoms with Crippen LogP contribution in [0.5, 0.6) is 5.75 Å². The summed E-state index contributed by atoms with van der Waals surface area (Å²) >= 11 is 0. The van der Waals surface area contributed by atoms with Crippen LogP contribution in [0.25, 0.3) is 0 Å². The fourth-order valence-electron chi connectivity index (χ4n) is 1.44. The lowest BCUT2D eigenvalue weighted by Gasteiger charge is -1.99. The van der Waals surface area contributed by atoms with Crippen molar-refractivity contribution >= 4 is 11.4 Å². The van der Waals surface area contributed by atoms with Crippen LogP contribution in [-0.4, -0.2) is 7.11 Å². The molecule has 2 aromatic carbocycles. The fourth-order valence-corrected chi connectivity index (χ4v) is 1.44. The number of nitrogens with zero attached hydrogens (tertiary/aromatic N) is 2. The Morgan fingerprint density at radius 2 is 1.47 bits per heavy atom. The second-order valence-corrected chi connectivity index (χ2v) is 3.68. The first kappa shape index (κ1) is 14.9. The van der Waals surface area contributed by atoms with Gasteiger partial charge in [0.1, 0.15) is 5.75 Å². The summed E-state index contributed by atoms with van der Waals surface area (Å²) < 4.78 is 5.08. The predicted octanol–water partition coefficient (Wildman–Crippen LogP) is 5.45. The molecule has 0 fully saturated rings. The quantitative estimate of drug-likeness (QED) is 0.673. The summed E-state index contributed by atoms with van der Waals surface area (Å²) in [6.45, 7) is 6.02. The Hall–Kier alpha value is -2.16. The first-order valence-electron chi connectivity index (χ1n) is 6.41. The van der Waals surface area contributed by atoms with Crippen molar-refractivity contribution < 1.29 is 4.74 Å². The minimum atomic E-state index is 0.814. The Morgan fingerprint density at radius 1 is 0.842 bits per heavy atom. The first-order valence-corrected chi connectivity index (χ1v) is 6.41. The normalized spacial score (nSPS) is 9.89. The SMILES string of the molecule is CC.COc1ccc(N=Nc2ccccc2C)cc1. The lowest BCUT2D eigenvalue weighted by molar-refractivity contribution is 0.415. The number of rotatable bonds is 3. The van der Waals surface area contributed by atoms with Crippen LogP contribution in [-0.2, 0) is 0 Å². The molecule has 0 saturated heterocycles. The topological polar surface area (TPSA) is 34.0 Å². The lowest BCUT2D eigenvalue weighted by Crippen LogP contribution is -1.79. The number of benzene rings is 2. The van der Waals surface area contributed by atoms with Gasteiger partial charge in [-0.3, -0.25) is 0 Å². The van der Waals surface area contributed by atoms with Gasteiger partial charge in [-0.15, -0.1) is 0 Å². The van der Waals surface area contributed by atoms with E-state index >= 15 is 0 Å². The summed E-state index contributed by atoms with van der Waals surface area (Å²) in [6, 6.07) is 15.4. The van der Waals surface area contributed by atoms with E-state index < -0.39 is 0 Å². The summed E-state index contributed by atoms with van der Waals surface area (Å²) in [4.78, 5) is 0. The van der Waals surface area contributed by atoms with Crippen LogP contribution in [0.4, 0.5) is 11.4 Å². The van der Waals surface area contributed by atoms with Gasteiger partial charge in [0.25, 0.3) is 0 Å². The highest BCUT2D eigenvalue weighted by molar-refractivity contribution is 5.46. The van der Waals surface area contributed by atoms with Crippen LogP contribution in [0.3, 0.4) is 0 Å². The van der Waals surface area contributed by atoms with E-state index in [-0.39, 0.29) is 0 Å². The molecule has 0 amide bonds. The van der Waals surface area contributed by atoms with E-state index in [0.29, 0.717) is 0 Å². The average Bonchev–Trinajstić information content (AvgIpc) is 2.49. The molecule has 0 spiro atoms. The molecule has 0 heterocycles. The minimum absolute atomic E-state index is 0.814. The standard InChI is InChI=1S/C14H14N2O.C2H6/c1-11-5-3-4-6-14(11)16-15-12-7-9-13(17-2)10-8-12;1-2/h3-10H,1-2H3;1-2H3. The zero-order valence-corrected chi connectivity index (χ0v) is 11.9. The van der Waals surface area contributed by atoms with Crippen LogP contribution in [0.2, 0.25) is 0 Å². The molecule has 2 aromatic rings. The van der Waals surface area contributed by atoms with Gasteiger partial charge in [0.05, 0.1) is 18.5 Å². The Morgan fingerprint density at radius 3 is 2.05 bits per heavy atom. The van der Waals surface area contributed by atoms with Crippen molar-refractivity contribution in [1.82, 2.24) is 0 Å². The van der Waals surface area contributed by atoms with Gasteiger partial charge in [-0.2, -0.15) is 10.2 Å². The van der Waals surface area contributed by atoms with E-state index in [2.05, 4.69) is 10.2 Å². The average molecular weight is 256 g/mol. The molecule has 0 atom stereocenters. The Balaban J connectivity index is 0.000000861. The van der Waals surface area contributed by atoms with Crippen LogP contribution in [0, 0.1) is 6.92 Å². The molecule has 0 bridgehead atoms. The molecule has 0 saturated carbocycles. The molecular weight excluding hydrogens is 236 g/mol. The number of azo groups is 1. The maximum absolute atomic E-state index is 5.08. The third kappa shape index (κ3) is 4.54. The van der Waals surface area contributed by atoms with E-state index in [9.17, 15) is 0 Å². The molecule has 0 aliphatic carbocycles. The predicted molar refractivity (Wildman–Crippen MR) is 79.7 cm³/mol. The summed E-state index contributed by atoms with van der Waals surface area (Å²) in [7, 11) is 1.64. The lowest BCUT2D eigenvalue weighted by atomic mass is 10.2. The summed E-state index contributed by atoms with van der Waals surface area (Å²) in [6.07, 6.45) is 0. The van der Waals surface area contributed by atoms with Crippen molar-refractivity contribution in [2.75, 3.05) is 7.11 Å². The second kappa shape index (κ2) is 8.03. The molecule has 2 rings (SSSR count). The third-order valence-corrected chi connectivity index (χ3v) is 2.46. The second-order valence-electron chi connectivity index (χ2n) is 3.68. The molecule has 0 unspecified atom stereocenters. The van der Waals surface area contributed by atoms with Gasteiger partial charge >= 0.3 is 0 Å². The molecule has 0 aromatic heterocycles. The number of aryl methyl sites for hydroxylation is 1. The molecule has 3 nitrogen and oxygen atoms in total. The van der Waals surface area contributed by atoms with Crippen molar-refractivity contribution in [3.63, 3.8) is 0 Å². The molecule has 0 aliphatic rings. The van der Waals surface area contributed by atoms with Gasteiger partial charge in [-0.1, -0.05) is 32.0 Å². The van der Waals surface area contributed by atoms with Gasteiger partial charge < -0.3 is 4.74 Å². The van der Waals surface area contributed by atoms with E-state index in [1.807, 2.05) is 69.3 Å². The van der Waals surface area contributed by atoms with Crippen LogP contribution < -0.4 is 4.74 Å². The highest BCUT2D eigenvalue weighted by Crippen LogP contribution is 2.22. The smallest absolute Gasteiger partial charge is 0.119 e. The molecule has 0 radical (unpaired) electrons. The van der Waals surface area contributed by atoms with E-state index in [1.165, 1.54) is 0 Å². The van der Waals surface area contributed by atoms with Crippen LogP contribution >= 0.6 is 0 Å². The highest BCUT2D eigenvalue weighted by Gasteiger charge is 1.95. The van der Waals surface area contributed by atoms with E-state index in [4.69, 9.17) is 4.74 Å². The number of ether oxygens (including phenoxy) is 1. The van der Waals surface area contributed by atoms with Crippen LogP contribution in [0.15, 0.2) is 58.8 Å². The van der Waals surface area contributed by atoms with Crippen LogP contribution in [0.1, 0.15) is 19.4 Å². The molecule has 19 heavy (non-hydrogen) atoms. The first-order chi connectivity index (χ1) is 9.29. The van der Waals surface area contributed by atoms with Crippen molar-refractivity contribution in [2.45, 2.75) is 20.8 Å². The summed E-state index contributed by atoms with van der Waals surface area (Å²) in [5, 5.41) is 8.40. The van der Waals surface area contributed by atoms with Gasteiger partial charge in [-0.25, -0.2) is 0 Å². The largest absolute Gasteiger partial charge is 0.497 e. The third-order valence-electron chi connectivity index (χ3n) is 2.46. The van der Waals surface area contributed by atoms with E-state index in [0.717, 1.165) is 22.7 Å². The molecular formula is C16H20N2O. The molecule has 0 aliphatic heterocycles. The van der Waals surface area contributed by atoms with Gasteiger partial charge in [0.15, 0.2) is 0 Å². The van der Waals surface area contributed by atoms with Crippen molar-refractivity contribution in [2.24, 2.45) is 10.2 Å². The van der Waals surface area contributed by atoms with Crippen molar-refractivity contribution in [1.29, 1.82) is 0 Å².